The van der Waals surface area contributed by atoms with Crippen LogP contribution in [0.4, 0.5) is 0 Å². The maximum Gasteiger partial charge on any atom is 0.374 e. The molecule has 0 N–H and O–H groups in total. The highest BCUT2D eigenvalue weighted by atomic mass is 16.6. The van der Waals surface area contributed by atoms with Crippen molar-refractivity contribution in [1.29, 1.82) is 0 Å². The molecule has 6 heteroatoms. The lowest BCUT2D eigenvalue weighted by Gasteiger charge is -2.36. The molecule has 6 nitrogen and oxygen atoms in total. The van der Waals surface area contributed by atoms with Crippen molar-refractivity contribution in [1.82, 2.24) is 0 Å². The fraction of sp³-hybridized carbons (Fsp3) is 0.500. The summed E-state index contributed by atoms with van der Waals surface area (Å²) in [5.74, 6) is -0.447. The maximum atomic E-state index is 12.2. The van der Waals surface area contributed by atoms with Crippen LogP contribution in [0.15, 0.2) is 39.5 Å². The Kier molecular flexibility index (Phi) is 6.17. The van der Waals surface area contributed by atoms with Crippen LogP contribution in [0, 0.1) is 17.8 Å². The number of carbonyl (C=O) groups is 2. The smallest absolute Gasteiger partial charge is 0.374 e. The second kappa shape index (κ2) is 8.59. The molecule has 0 spiro atoms. The molecule has 1 aliphatic rings. The van der Waals surface area contributed by atoms with Crippen LogP contribution in [0.2, 0.25) is 0 Å². The first-order chi connectivity index (χ1) is 13.3. The van der Waals surface area contributed by atoms with E-state index < -0.39 is 18.5 Å². The van der Waals surface area contributed by atoms with Gasteiger partial charge in [0.15, 0.2) is 12.0 Å². The van der Waals surface area contributed by atoms with Crippen molar-refractivity contribution in [2.45, 2.75) is 46.1 Å². The Morgan fingerprint density at radius 3 is 2.71 bits per heavy atom. The van der Waals surface area contributed by atoms with E-state index in [4.69, 9.17) is 13.9 Å². The summed E-state index contributed by atoms with van der Waals surface area (Å²) in [5, 5.41) is 0.379. The summed E-state index contributed by atoms with van der Waals surface area (Å²) in [4.78, 5) is 36.5. The number of para-hydroxylation sites is 1. The van der Waals surface area contributed by atoms with Crippen molar-refractivity contribution in [2.24, 2.45) is 17.8 Å². The lowest BCUT2D eigenvalue weighted by molar-refractivity contribution is -0.159. The lowest BCUT2D eigenvalue weighted by atomic mass is 9.75. The van der Waals surface area contributed by atoms with Gasteiger partial charge in [-0.2, -0.15) is 0 Å². The number of hydrogen-bond acceptors (Lipinski definition) is 6. The minimum Gasteiger partial charge on any atom is -0.460 e. The van der Waals surface area contributed by atoms with Crippen LogP contribution in [-0.4, -0.2) is 24.6 Å². The second-order valence-electron chi connectivity index (χ2n) is 7.90. The first-order valence-electron chi connectivity index (χ1n) is 9.74. The predicted octanol–water partition coefficient (Wildman–Crippen LogP) is 3.95. The van der Waals surface area contributed by atoms with Gasteiger partial charge in [0.1, 0.15) is 11.7 Å². The molecule has 1 heterocycles. The minimum atomic E-state index is -0.864. The third kappa shape index (κ3) is 4.61. The van der Waals surface area contributed by atoms with Gasteiger partial charge in [-0.25, -0.2) is 9.59 Å². The Labute approximate surface area is 163 Å². The lowest BCUT2D eigenvalue weighted by Crippen LogP contribution is -2.36. The van der Waals surface area contributed by atoms with Gasteiger partial charge in [-0.05, 0) is 42.7 Å². The molecule has 3 rings (SSSR count). The molecule has 150 valence electrons. The van der Waals surface area contributed by atoms with E-state index in [0.29, 0.717) is 28.7 Å². The number of esters is 2. The van der Waals surface area contributed by atoms with Gasteiger partial charge in [0, 0.05) is 6.07 Å². The van der Waals surface area contributed by atoms with E-state index in [1.165, 1.54) is 0 Å². The summed E-state index contributed by atoms with van der Waals surface area (Å²) in [6.07, 6.45) is 2.82. The largest absolute Gasteiger partial charge is 0.460 e. The minimum absolute atomic E-state index is 0.159. The number of benzene rings is 1. The van der Waals surface area contributed by atoms with Crippen molar-refractivity contribution < 1.29 is 23.5 Å². The molecule has 3 atom stereocenters. The summed E-state index contributed by atoms with van der Waals surface area (Å²) >= 11 is 0. The number of fused-ring (bicyclic) bond motifs is 1. The van der Waals surface area contributed by atoms with Crippen LogP contribution in [0.3, 0.4) is 0 Å². The number of hydrogen-bond donors (Lipinski definition) is 0. The van der Waals surface area contributed by atoms with E-state index in [2.05, 4.69) is 20.8 Å². The SMILES string of the molecule is CC(C)[C@@H]1CC[C@@H](C)C[C@@H]1OC(=O)COC(=O)c1cc(=O)c2ccccc2o1. The van der Waals surface area contributed by atoms with Gasteiger partial charge < -0.3 is 13.9 Å². The number of rotatable bonds is 5. The highest BCUT2D eigenvalue weighted by Crippen LogP contribution is 2.35. The Bertz CT molecular complexity index is 913. The van der Waals surface area contributed by atoms with Gasteiger partial charge >= 0.3 is 11.9 Å². The Hall–Kier alpha value is -2.63. The molecule has 1 fully saturated rings. The molecule has 0 aliphatic heterocycles. The predicted molar refractivity (Wildman–Crippen MR) is 104 cm³/mol. The van der Waals surface area contributed by atoms with Crippen LogP contribution in [-0.2, 0) is 14.3 Å². The normalized spacial score (nSPS) is 22.2. The molecule has 28 heavy (non-hydrogen) atoms. The number of carbonyl (C=O) groups excluding carboxylic acids is 2. The molecule has 1 aromatic heterocycles. The van der Waals surface area contributed by atoms with Crippen molar-refractivity contribution >= 4 is 22.9 Å². The molecule has 0 bridgehead atoms. The average Bonchev–Trinajstić information content (AvgIpc) is 2.66. The van der Waals surface area contributed by atoms with Gasteiger partial charge in [-0.15, -0.1) is 0 Å². The zero-order valence-corrected chi connectivity index (χ0v) is 16.5. The van der Waals surface area contributed by atoms with E-state index in [0.717, 1.165) is 25.3 Å². The number of ether oxygens (including phenoxy) is 2. The van der Waals surface area contributed by atoms with Crippen LogP contribution in [0.1, 0.15) is 50.6 Å². The van der Waals surface area contributed by atoms with E-state index in [1.54, 1.807) is 24.3 Å². The standard InChI is InChI=1S/C22H26O6/c1-13(2)15-9-8-14(3)10-19(15)28-21(24)12-26-22(25)20-11-17(23)16-6-4-5-7-18(16)27-20/h4-7,11,13-15,19H,8-10,12H2,1-3H3/t14-,15+,19+/m1/s1. The van der Waals surface area contributed by atoms with Crippen LogP contribution < -0.4 is 5.43 Å². The van der Waals surface area contributed by atoms with Crippen LogP contribution >= 0.6 is 0 Å². The molecule has 1 aromatic carbocycles. The molecule has 0 saturated heterocycles. The Balaban J connectivity index is 1.61. The quantitative estimate of drug-likeness (QED) is 0.724. The van der Waals surface area contributed by atoms with Crippen molar-refractivity contribution in [2.75, 3.05) is 6.61 Å². The van der Waals surface area contributed by atoms with Gasteiger partial charge in [-0.3, -0.25) is 4.79 Å². The summed E-state index contributed by atoms with van der Waals surface area (Å²) in [7, 11) is 0. The molecular weight excluding hydrogens is 360 g/mol. The first kappa shape index (κ1) is 20.1. The zero-order valence-electron chi connectivity index (χ0n) is 16.5. The van der Waals surface area contributed by atoms with Gasteiger partial charge in [0.25, 0.3) is 0 Å². The third-order valence-corrected chi connectivity index (χ3v) is 5.40. The van der Waals surface area contributed by atoms with Crippen molar-refractivity contribution in [3.63, 3.8) is 0 Å². The Morgan fingerprint density at radius 1 is 1.21 bits per heavy atom. The summed E-state index contributed by atoms with van der Waals surface area (Å²) in [6.45, 7) is 5.90. The average molecular weight is 386 g/mol. The highest BCUT2D eigenvalue weighted by Gasteiger charge is 2.33. The summed E-state index contributed by atoms with van der Waals surface area (Å²) in [6, 6.07) is 7.70. The van der Waals surface area contributed by atoms with Crippen molar-refractivity contribution in [3.8, 4) is 0 Å². The first-order valence-corrected chi connectivity index (χ1v) is 9.74. The molecule has 2 aromatic rings. The zero-order chi connectivity index (χ0) is 20.3. The van der Waals surface area contributed by atoms with E-state index in [-0.39, 0.29) is 17.3 Å². The van der Waals surface area contributed by atoms with Crippen LogP contribution in [0.5, 0.6) is 0 Å². The summed E-state index contributed by atoms with van der Waals surface area (Å²) in [5.41, 5.74) is -0.0483. The van der Waals surface area contributed by atoms with Gasteiger partial charge in [0.05, 0.1) is 5.39 Å². The fourth-order valence-electron chi connectivity index (χ4n) is 3.85. The van der Waals surface area contributed by atoms with Crippen molar-refractivity contribution in [3.05, 3.63) is 46.3 Å². The van der Waals surface area contributed by atoms with E-state index >= 15 is 0 Å². The fourth-order valence-corrected chi connectivity index (χ4v) is 3.85. The molecular formula is C22H26O6. The Morgan fingerprint density at radius 2 is 1.96 bits per heavy atom. The second-order valence-corrected chi connectivity index (χ2v) is 7.90. The van der Waals surface area contributed by atoms with E-state index in [9.17, 15) is 14.4 Å². The maximum absolute atomic E-state index is 12.2. The molecule has 0 unspecified atom stereocenters. The topological polar surface area (TPSA) is 82.8 Å². The molecule has 0 amide bonds. The van der Waals surface area contributed by atoms with E-state index in [1.807, 2.05) is 0 Å². The van der Waals surface area contributed by atoms with Gasteiger partial charge in [0.2, 0.25) is 5.76 Å². The van der Waals surface area contributed by atoms with Gasteiger partial charge in [-0.1, -0.05) is 39.3 Å². The van der Waals surface area contributed by atoms with Crippen LogP contribution in [0.25, 0.3) is 11.0 Å². The molecule has 0 radical (unpaired) electrons. The summed E-state index contributed by atoms with van der Waals surface area (Å²) < 4.78 is 16.0. The highest BCUT2D eigenvalue weighted by molar-refractivity contribution is 5.90. The molecule has 1 aliphatic carbocycles. The monoisotopic (exact) mass is 386 g/mol. The third-order valence-electron chi connectivity index (χ3n) is 5.40. The molecule has 1 saturated carbocycles.